The summed E-state index contributed by atoms with van der Waals surface area (Å²) in [6, 6.07) is -0.0433. The largest absolute Gasteiger partial charge is 0.377 e. The van der Waals surface area contributed by atoms with Crippen LogP contribution in [0.25, 0.3) is 0 Å². The van der Waals surface area contributed by atoms with E-state index in [0.717, 1.165) is 42.1 Å². The molecule has 1 unspecified atom stereocenters. The van der Waals surface area contributed by atoms with Crippen LogP contribution in [-0.2, 0) is 24.6 Å². The van der Waals surface area contributed by atoms with Crippen molar-refractivity contribution in [3.8, 4) is 0 Å². The van der Waals surface area contributed by atoms with E-state index in [1.54, 1.807) is 7.11 Å². The van der Waals surface area contributed by atoms with Gasteiger partial charge in [0.15, 0.2) is 0 Å². The fourth-order valence-electron chi connectivity index (χ4n) is 3.49. The molecule has 4 nitrogen and oxygen atoms in total. The van der Waals surface area contributed by atoms with Crippen molar-refractivity contribution in [1.82, 2.24) is 9.78 Å². The van der Waals surface area contributed by atoms with Crippen molar-refractivity contribution in [1.29, 1.82) is 0 Å². The fourth-order valence-corrected chi connectivity index (χ4v) is 3.86. The standard InChI is InChI=1S/C16H28ClN3O/c1-4-12-15(17)13(20(2)19-12)11-14(18)16(21-3)9-7-5-6-8-10-16/h14H,4-11,18H2,1-3H3. The first kappa shape index (κ1) is 16.8. The second-order valence-electron chi connectivity index (χ2n) is 6.18. The van der Waals surface area contributed by atoms with E-state index in [-0.39, 0.29) is 11.6 Å². The SMILES string of the molecule is CCc1nn(C)c(CC(N)C2(OC)CCCCCC2)c1Cl. The number of nitrogens with zero attached hydrogens (tertiary/aromatic N) is 2. The zero-order valence-corrected chi connectivity index (χ0v) is 14.2. The predicted molar refractivity (Wildman–Crippen MR) is 86.7 cm³/mol. The van der Waals surface area contributed by atoms with Gasteiger partial charge >= 0.3 is 0 Å². The summed E-state index contributed by atoms with van der Waals surface area (Å²) in [5, 5.41) is 5.26. The Kier molecular flexibility index (Phi) is 5.69. The lowest BCUT2D eigenvalue weighted by atomic mass is 9.84. The Morgan fingerprint density at radius 1 is 1.33 bits per heavy atom. The third-order valence-corrected chi connectivity index (χ3v) is 5.38. The van der Waals surface area contributed by atoms with Gasteiger partial charge in [0.2, 0.25) is 0 Å². The van der Waals surface area contributed by atoms with Crippen LogP contribution in [0.1, 0.15) is 56.8 Å². The van der Waals surface area contributed by atoms with Gasteiger partial charge in [-0.3, -0.25) is 4.68 Å². The molecule has 0 aromatic carbocycles. The fraction of sp³-hybridized carbons (Fsp3) is 0.812. The molecule has 21 heavy (non-hydrogen) atoms. The van der Waals surface area contributed by atoms with E-state index in [0.29, 0.717) is 0 Å². The van der Waals surface area contributed by atoms with Crippen LogP contribution in [0, 0.1) is 0 Å². The highest BCUT2D eigenvalue weighted by atomic mass is 35.5. The van der Waals surface area contributed by atoms with Crippen LogP contribution < -0.4 is 5.73 Å². The summed E-state index contributed by atoms with van der Waals surface area (Å²) in [7, 11) is 3.74. The van der Waals surface area contributed by atoms with Gasteiger partial charge in [-0.2, -0.15) is 5.10 Å². The zero-order chi connectivity index (χ0) is 15.5. The maximum atomic E-state index is 6.56. The van der Waals surface area contributed by atoms with Crippen LogP contribution in [0.15, 0.2) is 0 Å². The first-order chi connectivity index (χ1) is 10.0. The molecule has 1 aromatic heterocycles. The molecular weight excluding hydrogens is 286 g/mol. The summed E-state index contributed by atoms with van der Waals surface area (Å²) in [6.45, 7) is 2.07. The summed E-state index contributed by atoms with van der Waals surface area (Å²) in [5.41, 5.74) is 8.33. The third kappa shape index (κ3) is 3.43. The molecule has 0 spiro atoms. The molecule has 0 amide bonds. The Balaban J connectivity index is 2.19. The van der Waals surface area contributed by atoms with Crippen molar-refractivity contribution in [3.63, 3.8) is 0 Å². The molecule has 1 aliphatic carbocycles. The van der Waals surface area contributed by atoms with Crippen LogP contribution in [-0.4, -0.2) is 28.5 Å². The second kappa shape index (κ2) is 7.12. The molecule has 1 atom stereocenters. The molecule has 1 aliphatic rings. The van der Waals surface area contributed by atoms with Gasteiger partial charge in [-0.15, -0.1) is 0 Å². The molecule has 2 N–H and O–H groups in total. The first-order valence-electron chi connectivity index (χ1n) is 8.05. The van der Waals surface area contributed by atoms with Crippen molar-refractivity contribution in [2.75, 3.05) is 7.11 Å². The molecule has 1 aromatic rings. The second-order valence-corrected chi connectivity index (χ2v) is 6.56. The van der Waals surface area contributed by atoms with E-state index >= 15 is 0 Å². The van der Waals surface area contributed by atoms with Crippen molar-refractivity contribution < 1.29 is 4.74 Å². The molecule has 0 radical (unpaired) electrons. The van der Waals surface area contributed by atoms with Crippen LogP contribution in [0.4, 0.5) is 0 Å². The lowest BCUT2D eigenvalue weighted by Crippen LogP contribution is -2.50. The Morgan fingerprint density at radius 2 is 1.95 bits per heavy atom. The summed E-state index contributed by atoms with van der Waals surface area (Å²) in [6.07, 6.45) is 8.60. The number of halogens is 1. The molecule has 0 saturated heterocycles. The van der Waals surface area contributed by atoms with Gasteiger partial charge in [0.1, 0.15) is 0 Å². The number of ether oxygens (including phenoxy) is 1. The van der Waals surface area contributed by atoms with Crippen LogP contribution >= 0.6 is 11.6 Å². The van der Waals surface area contributed by atoms with E-state index < -0.39 is 0 Å². The number of aryl methyl sites for hydroxylation is 2. The molecule has 120 valence electrons. The van der Waals surface area contributed by atoms with Gasteiger partial charge in [-0.1, -0.05) is 44.2 Å². The smallest absolute Gasteiger partial charge is 0.0850 e. The van der Waals surface area contributed by atoms with Crippen molar-refractivity contribution >= 4 is 11.6 Å². The molecule has 1 saturated carbocycles. The zero-order valence-electron chi connectivity index (χ0n) is 13.5. The molecule has 0 bridgehead atoms. The topological polar surface area (TPSA) is 53.1 Å². The van der Waals surface area contributed by atoms with Gasteiger partial charge in [-0.05, 0) is 19.3 Å². The van der Waals surface area contributed by atoms with Crippen molar-refractivity contribution in [2.45, 2.75) is 69.9 Å². The highest BCUT2D eigenvalue weighted by molar-refractivity contribution is 6.31. The van der Waals surface area contributed by atoms with Crippen LogP contribution in [0.5, 0.6) is 0 Å². The Morgan fingerprint density at radius 3 is 2.43 bits per heavy atom. The number of rotatable bonds is 5. The van der Waals surface area contributed by atoms with Gasteiger partial charge < -0.3 is 10.5 Å². The predicted octanol–water partition coefficient (Wildman–Crippen LogP) is 3.25. The lowest BCUT2D eigenvalue weighted by Gasteiger charge is -2.37. The summed E-state index contributed by atoms with van der Waals surface area (Å²) in [5.74, 6) is 0. The minimum atomic E-state index is -0.212. The van der Waals surface area contributed by atoms with Crippen molar-refractivity contribution in [2.24, 2.45) is 12.8 Å². The average molecular weight is 314 g/mol. The number of aromatic nitrogens is 2. The maximum Gasteiger partial charge on any atom is 0.0850 e. The van der Waals surface area contributed by atoms with Crippen LogP contribution in [0.3, 0.4) is 0 Å². The van der Waals surface area contributed by atoms with E-state index in [9.17, 15) is 0 Å². The van der Waals surface area contributed by atoms with Crippen molar-refractivity contribution in [3.05, 3.63) is 16.4 Å². The summed E-state index contributed by atoms with van der Waals surface area (Å²) in [4.78, 5) is 0. The van der Waals surface area contributed by atoms with Crippen LogP contribution in [0.2, 0.25) is 5.02 Å². The highest BCUT2D eigenvalue weighted by Gasteiger charge is 2.38. The number of hydrogen-bond donors (Lipinski definition) is 1. The molecular formula is C16H28ClN3O. The van der Waals surface area contributed by atoms with Gasteiger partial charge in [-0.25, -0.2) is 0 Å². The maximum absolute atomic E-state index is 6.56. The quantitative estimate of drug-likeness (QED) is 0.849. The Labute approximate surface area is 133 Å². The third-order valence-electron chi connectivity index (χ3n) is 4.95. The lowest BCUT2D eigenvalue weighted by molar-refractivity contribution is -0.0433. The summed E-state index contributed by atoms with van der Waals surface area (Å²) >= 11 is 6.45. The van der Waals surface area contributed by atoms with E-state index in [1.165, 1.54) is 25.7 Å². The van der Waals surface area contributed by atoms with Gasteiger partial charge in [0.05, 0.1) is 22.0 Å². The molecule has 0 aliphatic heterocycles. The molecule has 1 fully saturated rings. The molecule has 1 heterocycles. The van der Waals surface area contributed by atoms with E-state index in [2.05, 4.69) is 12.0 Å². The Hall–Kier alpha value is -0.580. The van der Waals surface area contributed by atoms with E-state index in [1.807, 2.05) is 11.7 Å². The number of methoxy groups -OCH3 is 1. The summed E-state index contributed by atoms with van der Waals surface area (Å²) < 4.78 is 7.78. The normalized spacial score (nSPS) is 20.2. The minimum absolute atomic E-state index is 0.0433. The molecule has 2 rings (SSSR count). The average Bonchev–Trinajstić information content (AvgIpc) is 2.69. The van der Waals surface area contributed by atoms with E-state index in [4.69, 9.17) is 22.1 Å². The Bertz CT molecular complexity index is 464. The number of hydrogen-bond acceptors (Lipinski definition) is 3. The highest BCUT2D eigenvalue weighted by Crippen LogP contribution is 2.34. The number of nitrogens with two attached hydrogens (primary N) is 1. The van der Waals surface area contributed by atoms with Gasteiger partial charge in [0.25, 0.3) is 0 Å². The van der Waals surface area contributed by atoms with Gasteiger partial charge in [0, 0.05) is 26.6 Å². The first-order valence-corrected chi connectivity index (χ1v) is 8.43. The minimum Gasteiger partial charge on any atom is -0.377 e. The monoisotopic (exact) mass is 313 g/mol. The molecule has 5 heteroatoms.